The van der Waals surface area contributed by atoms with Crippen molar-refractivity contribution in [1.82, 2.24) is 0 Å². The molecule has 4 fully saturated rings. The van der Waals surface area contributed by atoms with Crippen molar-refractivity contribution in [1.29, 1.82) is 0 Å². The quantitative estimate of drug-likeness (QED) is 0.518. The molecule has 0 amide bonds. The maximum atomic E-state index is 10.2. The van der Waals surface area contributed by atoms with Crippen molar-refractivity contribution in [2.24, 2.45) is 40.4 Å². The van der Waals surface area contributed by atoms with Crippen LogP contribution in [0.4, 0.5) is 0 Å². The first kappa shape index (κ1) is 22.6. The van der Waals surface area contributed by atoms with Gasteiger partial charge in [-0.25, -0.2) is 0 Å². The standard InChI is InChI=1S/C24H42O2.C2H6/c1-23-14-12-22-20(9-7-18-16-19(26)11-13-24(18,22)2)21(23)10-8-17(23)6-4-3-5-15-25;1-2/h17-22,25-26H,3-16H2,1-2H3;1-2H3/t17-,18?,19-,20?,21?,22?,23?,24-;/m0./s1. The Morgan fingerprint density at radius 3 is 2.25 bits per heavy atom. The smallest absolute Gasteiger partial charge is 0.0543 e. The third-order valence-corrected chi connectivity index (χ3v) is 10.0. The van der Waals surface area contributed by atoms with Gasteiger partial charge in [-0.05, 0) is 111 Å². The molecule has 0 heterocycles. The highest BCUT2D eigenvalue weighted by Crippen LogP contribution is 2.67. The predicted octanol–water partition coefficient (Wildman–Crippen LogP) is 6.59. The van der Waals surface area contributed by atoms with Gasteiger partial charge in [-0.15, -0.1) is 0 Å². The van der Waals surface area contributed by atoms with Crippen molar-refractivity contribution in [2.45, 2.75) is 117 Å². The first-order valence-corrected chi connectivity index (χ1v) is 12.8. The van der Waals surface area contributed by atoms with E-state index in [0.717, 1.165) is 48.9 Å². The summed E-state index contributed by atoms with van der Waals surface area (Å²) in [6, 6.07) is 0. The Morgan fingerprint density at radius 2 is 1.50 bits per heavy atom. The molecule has 0 aromatic carbocycles. The van der Waals surface area contributed by atoms with E-state index in [2.05, 4.69) is 13.8 Å². The molecule has 4 rings (SSSR count). The predicted molar refractivity (Wildman–Crippen MR) is 118 cm³/mol. The summed E-state index contributed by atoms with van der Waals surface area (Å²) >= 11 is 0. The highest BCUT2D eigenvalue weighted by Gasteiger charge is 2.59. The zero-order chi connectivity index (χ0) is 20.4. The summed E-state index contributed by atoms with van der Waals surface area (Å²) in [5, 5.41) is 19.2. The van der Waals surface area contributed by atoms with Crippen LogP contribution in [-0.2, 0) is 0 Å². The second kappa shape index (κ2) is 9.38. The fraction of sp³-hybridized carbons (Fsp3) is 1.00. The highest BCUT2D eigenvalue weighted by molar-refractivity contribution is 5.09. The lowest BCUT2D eigenvalue weighted by Crippen LogP contribution is -2.53. The normalized spacial score (nSPS) is 47.4. The monoisotopic (exact) mass is 392 g/mol. The summed E-state index contributed by atoms with van der Waals surface area (Å²) in [6.07, 6.45) is 17.0. The molecule has 0 radical (unpaired) electrons. The van der Waals surface area contributed by atoms with E-state index in [-0.39, 0.29) is 6.10 Å². The number of fused-ring (bicyclic) bond motifs is 5. The minimum Gasteiger partial charge on any atom is -0.396 e. The number of unbranched alkanes of at least 4 members (excludes halogenated alkanes) is 2. The molecular formula is C26H48O2. The van der Waals surface area contributed by atoms with Gasteiger partial charge in [0, 0.05) is 6.61 Å². The fourth-order valence-corrected chi connectivity index (χ4v) is 8.50. The topological polar surface area (TPSA) is 40.5 Å². The van der Waals surface area contributed by atoms with E-state index in [9.17, 15) is 5.11 Å². The molecule has 5 unspecified atom stereocenters. The average Bonchev–Trinajstić information content (AvgIpc) is 3.04. The van der Waals surface area contributed by atoms with Crippen LogP contribution in [0.15, 0.2) is 0 Å². The van der Waals surface area contributed by atoms with Crippen LogP contribution in [-0.4, -0.2) is 22.9 Å². The van der Waals surface area contributed by atoms with Gasteiger partial charge in [0.2, 0.25) is 0 Å². The number of aliphatic hydroxyl groups excluding tert-OH is 2. The molecule has 4 saturated carbocycles. The average molecular weight is 393 g/mol. The van der Waals surface area contributed by atoms with Crippen LogP contribution in [0.2, 0.25) is 0 Å². The Balaban J connectivity index is 0.00000109. The summed E-state index contributed by atoms with van der Waals surface area (Å²) in [7, 11) is 0. The fourth-order valence-electron chi connectivity index (χ4n) is 8.50. The third-order valence-electron chi connectivity index (χ3n) is 10.0. The van der Waals surface area contributed by atoms with E-state index in [1.165, 1.54) is 64.2 Å². The SMILES string of the molecule is CC.CC12CCC3C(CCC4C[C@@H](O)CC[C@@]43C)C1CC[C@@H]2CCCCCO. The molecule has 2 N–H and O–H groups in total. The maximum Gasteiger partial charge on any atom is 0.0543 e. The summed E-state index contributed by atoms with van der Waals surface area (Å²) < 4.78 is 0. The zero-order valence-electron chi connectivity index (χ0n) is 19.3. The van der Waals surface area contributed by atoms with Gasteiger partial charge in [0.25, 0.3) is 0 Å². The molecule has 0 saturated heterocycles. The molecule has 2 nitrogen and oxygen atoms in total. The maximum absolute atomic E-state index is 10.2. The number of hydrogen-bond acceptors (Lipinski definition) is 2. The zero-order valence-corrected chi connectivity index (χ0v) is 19.3. The van der Waals surface area contributed by atoms with Crippen molar-refractivity contribution in [3.05, 3.63) is 0 Å². The molecule has 2 heteroatoms. The van der Waals surface area contributed by atoms with Gasteiger partial charge in [-0.1, -0.05) is 40.5 Å². The lowest BCUT2D eigenvalue weighted by Gasteiger charge is -2.61. The number of aliphatic hydroxyl groups is 2. The van der Waals surface area contributed by atoms with Crippen molar-refractivity contribution < 1.29 is 10.2 Å². The van der Waals surface area contributed by atoms with Crippen molar-refractivity contribution in [3.63, 3.8) is 0 Å². The highest BCUT2D eigenvalue weighted by atomic mass is 16.3. The van der Waals surface area contributed by atoms with Crippen LogP contribution in [0, 0.1) is 40.4 Å². The van der Waals surface area contributed by atoms with Crippen molar-refractivity contribution in [2.75, 3.05) is 6.61 Å². The van der Waals surface area contributed by atoms with Gasteiger partial charge >= 0.3 is 0 Å². The number of hydrogen-bond donors (Lipinski definition) is 2. The lowest BCUT2D eigenvalue weighted by atomic mass is 9.44. The van der Waals surface area contributed by atoms with E-state index >= 15 is 0 Å². The first-order chi connectivity index (χ1) is 13.5. The Hall–Kier alpha value is -0.0800. The summed E-state index contributed by atoms with van der Waals surface area (Å²) in [5.74, 6) is 4.58. The summed E-state index contributed by atoms with van der Waals surface area (Å²) in [4.78, 5) is 0. The first-order valence-electron chi connectivity index (χ1n) is 12.8. The van der Waals surface area contributed by atoms with Gasteiger partial charge in [0.05, 0.1) is 6.10 Å². The van der Waals surface area contributed by atoms with Crippen LogP contribution in [0.5, 0.6) is 0 Å². The van der Waals surface area contributed by atoms with Crippen LogP contribution < -0.4 is 0 Å². The van der Waals surface area contributed by atoms with E-state index < -0.39 is 0 Å². The third kappa shape index (κ3) is 3.94. The van der Waals surface area contributed by atoms with E-state index in [0.29, 0.717) is 17.4 Å². The Morgan fingerprint density at radius 1 is 0.786 bits per heavy atom. The molecule has 8 atom stereocenters. The largest absolute Gasteiger partial charge is 0.396 e. The second-order valence-corrected chi connectivity index (χ2v) is 11.0. The summed E-state index contributed by atoms with van der Waals surface area (Å²) in [6.45, 7) is 9.61. The van der Waals surface area contributed by atoms with Crippen LogP contribution in [0.25, 0.3) is 0 Å². The Labute approximate surface area is 174 Å². The molecule has 28 heavy (non-hydrogen) atoms. The van der Waals surface area contributed by atoms with Crippen molar-refractivity contribution >= 4 is 0 Å². The second-order valence-electron chi connectivity index (χ2n) is 11.0. The molecule has 0 spiro atoms. The number of rotatable bonds is 5. The van der Waals surface area contributed by atoms with E-state index in [4.69, 9.17) is 5.11 Å². The van der Waals surface area contributed by atoms with Crippen molar-refractivity contribution in [3.8, 4) is 0 Å². The van der Waals surface area contributed by atoms with Gasteiger partial charge in [0.15, 0.2) is 0 Å². The van der Waals surface area contributed by atoms with Crippen LogP contribution >= 0.6 is 0 Å². The van der Waals surface area contributed by atoms with Gasteiger partial charge in [-0.2, -0.15) is 0 Å². The molecule has 0 aliphatic heterocycles. The summed E-state index contributed by atoms with van der Waals surface area (Å²) in [5.41, 5.74) is 1.11. The molecule has 0 bridgehead atoms. The molecule has 4 aliphatic carbocycles. The minimum atomic E-state index is -0.0201. The van der Waals surface area contributed by atoms with Gasteiger partial charge in [-0.3, -0.25) is 0 Å². The Bertz CT molecular complexity index is 491. The molecule has 4 aliphatic rings. The van der Waals surface area contributed by atoms with E-state index in [1.807, 2.05) is 13.8 Å². The van der Waals surface area contributed by atoms with Crippen LogP contribution in [0.3, 0.4) is 0 Å². The van der Waals surface area contributed by atoms with E-state index in [1.54, 1.807) is 0 Å². The Kier molecular flexibility index (Phi) is 7.57. The lowest BCUT2D eigenvalue weighted by molar-refractivity contribution is -0.127. The molecule has 0 aromatic heterocycles. The molecular weight excluding hydrogens is 344 g/mol. The minimum absolute atomic E-state index is 0.0201. The van der Waals surface area contributed by atoms with Gasteiger partial charge in [0.1, 0.15) is 0 Å². The van der Waals surface area contributed by atoms with Crippen LogP contribution in [0.1, 0.15) is 111 Å². The molecule has 0 aromatic rings. The van der Waals surface area contributed by atoms with Gasteiger partial charge < -0.3 is 10.2 Å². The molecule has 164 valence electrons.